The van der Waals surface area contributed by atoms with Crippen molar-refractivity contribution in [3.63, 3.8) is 0 Å². The van der Waals surface area contributed by atoms with Crippen LogP contribution < -0.4 is 10.1 Å². The summed E-state index contributed by atoms with van der Waals surface area (Å²) in [5, 5.41) is 5.12. The minimum absolute atomic E-state index is 0.0385. The second-order valence-electron chi connectivity index (χ2n) is 10.8. The summed E-state index contributed by atoms with van der Waals surface area (Å²) in [5.41, 5.74) is 3.07. The third-order valence-corrected chi connectivity index (χ3v) is 7.46. The molecule has 3 rings (SSSR count). The van der Waals surface area contributed by atoms with Crippen molar-refractivity contribution < 1.29 is 14.3 Å². The lowest BCUT2D eigenvalue weighted by atomic mass is 10.00. The number of amides is 3. The molecule has 0 aliphatic carbocycles. The maximum Gasteiger partial charge on any atom is 0.318 e. The monoisotopic (exact) mass is 499 g/mol. The van der Waals surface area contributed by atoms with E-state index in [1.807, 2.05) is 44.7 Å². The maximum atomic E-state index is 13.7. The van der Waals surface area contributed by atoms with Gasteiger partial charge in [0.25, 0.3) is 0 Å². The average molecular weight is 500 g/mol. The molecule has 0 spiro atoms. The van der Waals surface area contributed by atoms with Crippen LogP contribution in [0.2, 0.25) is 0 Å². The second kappa shape index (κ2) is 11.5. The standard InChI is InChI=1S/C28H41N3O3S/c1-8-19(2)16-30(27(33)29-28(5,6)7)17-26(32)31-13-11-25-22(12-14-35-25)23(31)18-34-24-10-9-20(3)15-21(24)4/h9-10,12,14-15,19,23H,8,11,13,16-18H2,1-7H3,(H,29,33)/t19-,23-/m1/s1. The number of carbonyl (C=O) groups is 2. The van der Waals surface area contributed by atoms with Crippen molar-refractivity contribution in [3.8, 4) is 5.75 Å². The first kappa shape index (κ1) is 27.1. The highest BCUT2D eigenvalue weighted by molar-refractivity contribution is 7.10. The van der Waals surface area contributed by atoms with Crippen LogP contribution in [0.15, 0.2) is 29.6 Å². The van der Waals surface area contributed by atoms with Gasteiger partial charge < -0.3 is 19.9 Å². The van der Waals surface area contributed by atoms with E-state index in [1.165, 1.54) is 10.4 Å². The fraction of sp³-hybridized carbons (Fsp3) is 0.571. The molecule has 1 aromatic heterocycles. The molecule has 1 aliphatic heterocycles. The van der Waals surface area contributed by atoms with Crippen molar-refractivity contribution in [3.05, 3.63) is 51.2 Å². The minimum atomic E-state index is -0.368. The van der Waals surface area contributed by atoms with Gasteiger partial charge in [-0.15, -0.1) is 11.3 Å². The molecule has 0 saturated carbocycles. The number of hydrogen-bond donors (Lipinski definition) is 1. The molecule has 2 aromatic rings. The van der Waals surface area contributed by atoms with Crippen molar-refractivity contribution in [1.29, 1.82) is 0 Å². The third kappa shape index (κ3) is 7.23. The summed E-state index contributed by atoms with van der Waals surface area (Å²) in [4.78, 5) is 31.6. The van der Waals surface area contributed by atoms with E-state index < -0.39 is 0 Å². The van der Waals surface area contributed by atoms with Gasteiger partial charge in [-0.3, -0.25) is 4.79 Å². The van der Waals surface area contributed by atoms with E-state index in [2.05, 4.69) is 43.6 Å². The van der Waals surface area contributed by atoms with E-state index in [0.29, 0.717) is 25.6 Å². The predicted octanol–water partition coefficient (Wildman–Crippen LogP) is 5.73. The van der Waals surface area contributed by atoms with Gasteiger partial charge in [0, 0.05) is 23.5 Å². The summed E-state index contributed by atoms with van der Waals surface area (Å²) >= 11 is 1.74. The zero-order chi connectivity index (χ0) is 25.8. The molecule has 1 aromatic carbocycles. The van der Waals surface area contributed by atoms with E-state index in [-0.39, 0.29) is 30.1 Å². The van der Waals surface area contributed by atoms with Gasteiger partial charge in [0.15, 0.2) is 0 Å². The van der Waals surface area contributed by atoms with Crippen LogP contribution in [-0.2, 0) is 11.2 Å². The molecule has 0 fully saturated rings. The van der Waals surface area contributed by atoms with Crippen LogP contribution in [0.25, 0.3) is 0 Å². The molecule has 192 valence electrons. The number of nitrogens with zero attached hydrogens (tertiary/aromatic N) is 2. The lowest BCUT2D eigenvalue weighted by molar-refractivity contribution is -0.135. The van der Waals surface area contributed by atoms with Crippen molar-refractivity contribution >= 4 is 23.3 Å². The first-order chi connectivity index (χ1) is 16.5. The van der Waals surface area contributed by atoms with E-state index >= 15 is 0 Å². The van der Waals surface area contributed by atoms with Crippen LogP contribution in [0.1, 0.15) is 68.6 Å². The molecule has 0 saturated heterocycles. The number of thiophene rings is 1. The molecule has 0 radical (unpaired) electrons. The smallest absolute Gasteiger partial charge is 0.318 e. The number of benzene rings is 1. The number of urea groups is 1. The molecule has 2 atom stereocenters. The number of hydrogen-bond acceptors (Lipinski definition) is 4. The van der Waals surface area contributed by atoms with Crippen LogP contribution in [0, 0.1) is 19.8 Å². The number of aryl methyl sites for hydroxylation is 2. The Hall–Kier alpha value is -2.54. The molecular weight excluding hydrogens is 458 g/mol. The average Bonchev–Trinajstić information content (AvgIpc) is 3.25. The Morgan fingerprint density at radius 1 is 1.26 bits per heavy atom. The van der Waals surface area contributed by atoms with Gasteiger partial charge in [-0.2, -0.15) is 0 Å². The van der Waals surface area contributed by atoms with Gasteiger partial charge in [0.1, 0.15) is 18.9 Å². The Balaban J connectivity index is 1.79. The fourth-order valence-corrected chi connectivity index (χ4v) is 5.31. The number of nitrogens with one attached hydrogen (secondary N) is 1. The lowest BCUT2D eigenvalue weighted by Gasteiger charge is -2.38. The second-order valence-corrected chi connectivity index (χ2v) is 11.8. The Morgan fingerprint density at radius 3 is 2.66 bits per heavy atom. The Labute approximate surface area is 214 Å². The summed E-state index contributed by atoms with van der Waals surface area (Å²) in [6.45, 7) is 15.8. The Bertz CT molecular complexity index is 1030. The number of carbonyl (C=O) groups excluding carboxylic acids is 2. The van der Waals surface area contributed by atoms with Crippen molar-refractivity contribution in [2.24, 2.45) is 5.92 Å². The predicted molar refractivity (Wildman–Crippen MR) is 143 cm³/mol. The molecule has 3 amide bonds. The lowest BCUT2D eigenvalue weighted by Crippen LogP contribution is -2.53. The van der Waals surface area contributed by atoms with Crippen LogP contribution in [0.5, 0.6) is 5.75 Å². The summed E-state index contributed by atoms with van der Waals surface area (Å²) < 4.78 is 6.26. The van der Waals surface area contributed by atoms with E-state index in [0.717, 1.165) is 29.7 Å². The Morgan fingerprint density at radius 2 is 2.00 bits per heavy atom. The summed E-state index contributed by atoms with van der Waals surface area (Å²) in [5.74, 6) is 1.11. The number of fused-ring (bicyclic) bond motifs is 1. The van der Waals surface area contributed by atoms with Gasteiger partial charge in [0.05, 0.1) is 6.04 Å². The van der Waals surface area contributed by atoms with Gasteiger partial charge in [0.2, 0.25) is 5.91 Å². The molecule has 35 heavy (non-hydrogen) atoms. The maximum absolute atomic E-state index is 13.7. The number of ether oxygens (including phenoxy) is 1. The van der Waals surface area contributed by atoms with E-state index in [1.54, 1.807) is 16.2 Å². The zero-order valence-corrected chi connectivity index (χ0v) is 23.1. The normalized spacial score (nSPS) is 16.4. The molecule has 7 heteroatoms. The summed E-state index contributed by atoms with van der Waals surface area (Å²) in [7, 11) is 0. The zero-order valence-electron chi connectivity index (χ0n) is 22.3. The van der Waals surface area contributed by atoms with Crippen LogP contribution in [0.3, 0.4) is 0 Å². The van der Waals surface area contributed by atoms with Gasteiger partial charge in [-0.05, 0) is 75.6 Å². The van der Waals surface area contributed by atoms with Crippen LogP contribution in [-0.4, -0.2) is 53.5 Å². The highest BCUT2D eigenvalue weighted by atomic mass is 32.1. The first-order valence-electron chi connectivity index (χ1n) is 12.6. The first-order valence-corrected chi connectivity index (χ1v) is 13.5. The molecular formula is C28H41N3O3S. The van der Waals surface area contributed by atoms with Gasteiger partial charge >= 0.3 is 6.03 Å². The van der Waals surface area contributed by atoms with Crippen molar-refractivity contribution in [1.82, 2.24) is 15.1 Å². The molecule has 2 heterocycles. The van der Waals surface area contributed by atoms with Crippen LogP contribution >= 0.6 is 11.3 Å². The minimum Gasteiger partial charge on any atom is -0.491 e. The highest BCUT2D eigenvalue weighted by Crippen LogP contribution is 2.34. The molecule has 0 unspecified atom stereocenters. The van der Waals surface area contributed by atoms with E-state index in [4.69, 9.17) is 4.74 Å². The topological polar surface area (TPSA) is 61.9 Å². The SMILES string of the molecule is CC[C@@H](C)CN(CC(=O)N1CCc2sccc2[C@H]1COc1ccc(C)cc1C)C(=O)NC(C)(C)C. The van der Waals surface area contributed by atoms with E-state index in [9.17, 15) is 9.59 Å². The highest BCUT2D eigenvalue weighted by Gasteiger charge is 2.34. The number of rotatable bonds is 8. The van der Waals surface area contributed by atoms with Crippen LogP contribution in [0.4, 0.5) is 4.79 Å². The quantitative estimate of drug-likeness (QED) is 0.505. The largest absolute Gasteiger partial charge is 0.491 e. The summed E-state index contributed by atoms with van der Waals surface area (Å²) in [6.07, 6.45) is 1.78. The van der Waals surface area contributed by atoms with Crippen molar-refractivity contribution in [2.45, 2.75) is 72.9 Å². The Kier molecular flexibility index (Phi) is 8.86. The van der Waals surface area contributed by atoms with Gasteiger partial charge in [-0.1, -0.05) is 38.0 Å². The fourth-order valence-electron chi connectivity index (χ4n) is 4.38. The molecule has 0 bridgehead atoms. The third-order valence-electron chi connectivity index (χ3n) is 6.47. The van der Waals surface area contributed by atoms with Gasteiger partial charge in [-0.25, -0.2) is 4.79 Å². The molecule has 1 aliphatic rings. The molecule has 1 N–H and O–H groups in total. The molecule has 6 nitrogen and oxygen atoms in total. The summed E-state index contributed by atoms with van der Waals surface area (Å²) in [6, 6.07) is 7.90. The van der Waals surface area contributed by atoms with Crippen molar-refractivity contribution in [2.75, 3.05) is 26.2 Å².